The predicted molar refractivity (Wildman–Crippen MR) is 137 cm³/mol. The van der Waals surface area contributed by atoms with Crippen LogP contribution in [0.3, 0.4) is 0 Å². The molecule has 0 saturated carbocycles. The molecule has 1 aromatic heterocycles. The second kappa shape index (κ2) is 11.7. The minimum absolute atomic E-state index is 0.0480. The van der Waals surface area contributed by atoms with Crippen molar-refractivity contribution < 1.29 is 29.2 Å². The number of H-pyrrole nitrogens is 1. The minimum Gasteiger partial charge on any atom is -0.872 e. The van der Waals surface area contributed by atoms with E-state index >= 15 is 0 Å². The zero-order valence-electron chi connectivity index (χ0n) is 21.5. The molecule has 1 atom stereocenters. The molecule has 1 amide bonds. The van der Waals surface area contributed by atoms with Crippen molar-refractivity contribution in [3.63, 3.8) is 0 Å². The smallest absolute Gasteiger partial charge is 0.295 e. The molecule has 0 radical (unpaired) electrons. The number of nitrogens with one attached hydrogen (secondary N) is 1. The zero-order chi connectivity index (χ0) is 26.4. The summed E-state index contributed by atoms with van der Waals surface area (Å²) in [5.41, 5.74) is 2.59. The molecule has 3 aromatic rings. The average Bonchev–Trinajstić information content (AvgIpc) is 3.15. The number of pyridine rings is 1. The molecule has 0 aliphatic carbocycles. The van der Waals surface area contributed by atoms with Gasteiger partial charge in [0.05, 0.1) is 25.8 Å². The largest absolute Gasteiger partial charge is 0.872 e. The number of carbonyl (C=O) groups is 2. The topological polar surface area (TPSA) is 93.0 Å². The summed E-state index contributed by atoms with van der Waals surface area (Å²) in [5, 5.41) is 13.8. The standard InChI is InChI=1S/C30H32N2O5/c1-4-6-16-37-25-14-11-23(17-20(25)3)28(33)26-27(22-9-12-24(13-10-22)36-5-2)32(30(35)29(26)34)19-21-8-7-15-31-18-21/h7-15,17-18,27,33H,4-6,16,19H2,1-3H3. The summed E-state index contributed by atoms with van der Waals surface area (Å²) in [4.78, 5) is 31.0. The van der Waals surface area contributed by atoms with E-state index in [9.17, 15) is 14.7 Å². The van der Waals surface area contributed by atoms with Gasteiger partial charge in [0.2, 0.25) is 5.78 Å². The summed E-state index contributed by atoms with van der Waals surface area (Å²) in [6.45, 7) is 7.15. The highest BCUT2D eigenvalue weighted by Crippen LogP contribution is 2.40. The number of unbranched alkanes of at least 4 members (excludes halogenated alkanes) is 1. The number of hydrogen-bond acceptors (Lipinski definition) is 5. The first-order chi connectivity index (χ1) is 17.9. The molecule has 1 fully saturated rings. The second-order valence-electron chi connectivity index (χ2n) is 9.00. The number of benzene rings is 2. The predicted octanol–water partition coefficient (Wildman–Crippen LogP) is 3.81. The summed E-state index contributed by atoms with van der Waals surface area (Å²) in [5.74, 6) is -0.545. The van der Waals surface area contributed by atoms with Crippen molar-refractivity contribution >= 4 is 17.4 Å². The minimum atomic E-state index is -0.816. The van der Waals surface area contributed by atoms with Crippen LogP contribution in [0.4, 0.5) is 0 Å². The quantitative estimate of drug-likeness (QED) is 0.183. The lowest BCUT2D eigenvalue weighted by atomic mass is 9.94. The van der Waals surface area contributed by atoms with Gasteiger partial charge in [0.25, 0.3) is 5.91 Å². The van der Waals surface area contributed by atoms with Crippen molar-refractivity contribution in [2.45, 2.75) is 46.2 Å². The lowest BCUT2D eigenvalue weighted by molar-refractivity contribution is -0.378. The molecular formula is C30H32N2O5. The monoisotopic (exact) mass is 500 g/mol. The molecule has 0 spiro atoms. The Morgan fingerprint density at radius 3 is 2.49 bits per heavy atom. The number of carbonyl (C=O) groups excluding carboxylic acids is 2. The van der Waals surface area contributed by atoms with Crippen LogP contribution in [0.1, 0.15) is 55.0 Å². The molecule has 192 valence electrons. The van der Waals surface area contributed by atoms with Crippen molar-refractivity contribution in [1.82, 2.24) is 4.90 Å². The van der Waals surface area contributed by atoms with Crippen LogP contribution in [0.25, 0.3) is 5.76 Å². The van der Waals surface area contributed by atoms with Crippen LogP contribution >= 0.6 is 0 Å². The number of ketones is 1. The molecule has 2 aromatic carbocycles. The number of aromatic nitrogens is 1. The fourth-order valence-electron chi connectivity index (χ4n) is 4.45. The highest BCUT2D eigenvalue weighted by Gasteiger charge is 2.44. The number of amides is 1. The van der Waals surface area contributed by atoms with Crippen LogP contribution < -0.4 is 19.6 Å². The third-order valence-electron chi connectivity index (χ3n) is 6.35. The molecule has 2 heterocycles. The maximum Gasteiger partial charge on any atom is 0.295 e. The highest BCUT2D eigenvalue weighted by molar-refractivity contribution is 6.46. The normalized spacial score (nSPS) is 16.7. The first kappa shape index (κ1) is 25.9. The maximum absolute atomic E-state index is 13.8. The van der Waals surface area contributed by atoms with Gasteiger partial charge in [0.15, 0.2) is 12.4 Å². The number of aryl methyl sites for hydroxylation is 1. The highest BCUT2D eigenvalue weighted by atomic mass is 16.5. The van der Waals surface area contributed by atoms with Crippen LogP contribution in [0.2, 0.25) is 0 Å². The number of Topliss-reactive ketones (excluding diaryl/α,β-unsaturated/α-hetero) is 1. The SMILES string of the molecule is CCCCOc1ccc(C([O-])=C2C(=O)C(=O)N(Cc3ccc[nH+]c3)C2c2ccc(OCC)cc2)cc1C. The van der Waals surface area contributed by atoms with E-state index in [-0.39, 0.29) is 12.1 Å². The Hall–Kier alpha value is -4.13. The van der Waals surface area contributed by atoms with Gasteiger partial charge in [-0.2, -0.15) is 0 Å². The summed E-state index contributed by atoms with van der Waals surface area (Å²) < 4.78 is 11.4. The van der Waals surface area contributed by atoms with Gasteiger partial charge in [-0.1, -0.05) is 37.3 Å². The van der Waals surface area contributed by atoms with Gasteiger partial charge >= 0.3 is 0 Å². The number of aromatic amines is 1. The summed E-state index contributed by atoms with van der Waals surface area (Å²) in [6, 6.07) is 15.2. The second-order valence-corrected chi connectivity index (χ2v) is 9.00. The van der Waals surface area contributed by atoms with Crippen LogP contribution in [0.5, 0.6) is 11.5 Å². The van der Waals surface area contributed by atoms with E-state index in [0.717, 1.165) is 24.0 Å². The van der Waals surface area contributed by atoms with E-state index in [1.165, 1.54) is 4.90 Å². The number of nitrogens with zero attached hydrogens (tertiary/aromatic N) is 1. The van der Waals surface area contributed by atoms with Gasteiger partial charge in [0.1, 0.15) is 11.5 Å². The molecule has 1 aliphatic heterocycles. The van der Waals surface area contributed by atoms with Crippen LogP contribution in [0, 0.1) is 6.92 Å². The summed E-state index contributed by atoms with van der Waals surface area (Å²) in [6.07, 6.45) is 5.50. The Morgan fingerprint density at radius 2 is 1.84 bits per heavy atom. The Morgan fingerprint density at radius 1 is 1.05 bits per heavy atom. The van der Waals surface area contributed by atoms with Gasteiger partial charge in [0, 0.05) is 17.2 Å². The first-order valence-electron chi connectivity index (χ1n) is 12.6. The zero-order valence-corrected chi connectivity index (χ0v) is 21.5. The molecule has 0 bridgehead atoms. The van der Waals surface area contributed by atoms with E-state index < -0.39 is 23.5 Å². The number of likely N-dealkylation sites (tertiary alicyclic amines) is 1. The molecular weight excluding hydrogens is 468 g/mol. The molecule has 7 heteroatoms. The van der Waals surface area contributed by atoms with Crippen LogP contribution in [-0.2, 0) is 16.1 Å². The Labute approximate surface area is 217 Å². The Bertz CT molecular complexity index is 1290. The first-order valence-corrected chi connectivity index (χ1v) is 12.6. The van der Waals surface area contributed by atoms with E-state index in [0.29, 0.717) is 35.8 Å². The van der Waals surface area contributed by atoms with Gasteiger partial charge in [-0.25, -0.2) is 4.98 Å². The Kier molecular flexibility index (Phi) is 8.23. The third-order valence-corrected chi connectivity index (χ3v) is 6.35. The lowest BCUT2D eigenvalue weighted by Gasteiger charge is -2.27. The number of rotatable bonds is 10. The van der Waals surface area contributed by atoms with E-state index in [1.54, 1.807) is 54.9 Å². The van der Waals surface area contributed by atoms with Gasteiger partial charge in [-0.15, -0.1) is 0 Å². The molecule has 1 unspecified atom stereocenters. The van der Waals surface area contributed by atoms with E-state index in [2.05, 4.69) is 11.9 Å². The van der Waals surface area contributed by atoms with E-state index in [4.69, 9.17) is 9.47 Å². The molecule has 1 saturated heterocycles. The van der Waals surface area contributed by atoms with Gasteiger partial charge < -0.3 is 19.5 Å². The average molecular weight is 501 g/mol. The summed E-state index contributed by atoms with van der Waals surface area (Å²) in [7, 11) is 0. The van der Waals surface area contributed by atoms with Crippen LogP contribution in [0.15, 0.2) is 72.6 Å². The van der Waals surface area contributed by atoms with Crippen LogP contribution in [-0.4, -0.2) is 29.8 Å². The molecule has 1 N–H and O–H groups in total. The van der Waals surface area contributed by atoms with Gasteiger partial charge in [-0.05, 0) is 67.3 Å². The van der Waals surface area contributed by atoms with Crippen molar-refractivity contribution in [3.8, 4) is 11.5 Å². The fraction of sp³-hybridized carbons (Fsp3) is 0.300. The molecule has 4 rings (SSSR count). The summed E-state index contributed by atoms with van der Waals surface area (Å²) >= 11 is 0. The third kappa shape index (κ3) is 5.66. The van der Waals surface area contributed by atoms with Gasteiger partial charge in [-0.3, -0.25) is 9.59 Å². The molecule has 1 aliphatic rings. The molecule has 7 nitrogen and oxygen atoms in total. The number of ether oxygens (including phenoxy) is 2. The molecule has 37 heavy (non-hydrogen) atoms. The maximum atomic E-state index is 13.8. The fourth-order valence-corrected chi connectivity index (χ4v) is 4.45. The lowest BCUT2D eigenvalue weighted by Crippen LogP contribution is -2.29. The van der Waals surface area contributed by atoms with Crippen molar-refractivity contribution in [2.75, 3.05) is 13.2 Å². The van der Waals surface area contributed by atoms with Crippen molar-refractivity contribution in [2.24, 2.45) is 0 Å². The number of hydrogen-bond donors (Lipinski definition) is 0. The van der Waals surface area contributed by atoms with Crippen molar-refractivity contribution in [3.05, 3.63) is 94.8 Å². The van der Waals surface area contributed by atoms with Crippen molar-refractivity contribution in [1.29, 1.82) is 0 Å². The van der Waals surface area contributed by atoms with E-state index in [1.807, 2.05) is 26.0 Å². The Balaban J connectivity index is 1.77.